The lowest BCUT2D eigenvalue weighted by molar-refractivity contribution is -0.137. The number of aryl methyl sites for hydroxylation is 1. The van der Waals surface area contributed by atoms with Crippen LogP contribution < -0.4 is 5.73 Å². The van der Waals surface area contributed by atoms with Crippen molar-refractivity contribution in [2.24, 2.45) is 5.73 Å². The minimum atomic E-state index is -0.584. The van der Waals surface area contributed by atoms with Crippen LogP contribution in [0.25, 0.3) is 0 Å². The molecule has 5 nitrogen and oxygen atoms in total. The molecule has 5 heteroatoms. The first-order valence-electron chi connectivity index (χ1n) is 7.98. The van der Waals surface area contributed by atoms with Gasteiger partial charge in [-0.05, 0) is 33.3 Å². The van der Waals surface area contributed by atoms with Gasteiger partial charge in [0.25, 0.3) is 0 Å². The first kappa shape index (κ1) is 17.5. The molecule has 2 amide bonds. The summed E-state index contributed by atoms with van der Waals surface area (Å²) in [6.45, 7) is 8.29. The van der Waals surface area contributed by atoms with Gasteiger partial charge in [0.05, 0.1) is 18.1 Å². The third kappa shape index (κ3) is 4.79. The number of likely N-dealkylation sites (tertiary alicyclic amines) is 1. The van der Waals surface area contributed by atoms with Crippen molar-refractivity contribution in [3.8, 4) is 0 Å². The van der Waals surface area contributed by atoms with E-state index in [-0.39, 0.29) is 24.0 Å². The summed E-state index contributed by atoms with van der Waals surface area (Å²) in [5, 5.41) is 0. The number of amides is 2. The third-order valence-corrected chi connectivity index (χ3v) is 3.87. The topological polar surface area (TPSA) is 72.6 Å². The van der Waals surface area contributed by atoms with Crippen molar-refractivity contribution in [1.29, 1.82) is 0 Å². The van der Waals surface area contributed by atoms with Crippen LogP contribution in [0, 0.1) is 6.92 Å². The monoisotopic (exact) mass is 318 g/mol. The van der Waals surface area contributed by atoms with Gasteiger partial charge in [0, 0.05) is 13.0 Å². The van der Waals surface area contributed by atoms with Gasteiger partial charge >= 0.3 is 0 Å². The zero-order chi connectivity index (χ0) is 17.2. The molecule has 1 fully saturated rings. The summed E-state index contributed by atoms with van der Waals surface area (Å²) in [6, 6.07) is 7.24. The molecule has 1 aliphatic heterocycles. The minimum absolute atomic E-state index is 0.0839. The highest BCUT2D eigenvalue weighted by molar-refractivity contribution is 5.88. The van der Waals surface area contributed by atoms with Gasteiger partial charge in [-0.1, -0.05) is 29.8 Å². The number of primary amides is 1. The Balaban J connectivity index is 2.09. The van der Waals surface area contributed by atoms with Gasteiger partial charge in [-0.15, -0.1) is 0 Å². The van der Waals surface area contributed by atoms with E-state index >= 15 is 0 Å². The standard InChI is InChI=1S/C18H26N2O3/c1-12-6-5-7-13(8-12)9-16(21)20-11-14(23-18(2,3)4)10-15(20)17(19)22/h5-8,14-15H,9-11H2,1-4H3,(H2,19,22). The molecule has 0 aliphatic carbocycles. The van der Waals surface area contributed by atoms with Gasteiger partial charge in [-0.3, -0.25) is 9.59 Å². The fourth-order valence-electron chi connectivity index (χ4n) is 3.03. The number of nitrogens with two attached hydrogens (primary N) is 1. The van der Waals surface area contributed by atoms with Crippen LogP contribution in [0.1, 0.15) is 38.3 Å². The van der Waals surface area contributed by atoms with Crippen molar-refractivity contribution in [2.75, 3.05) is 6.54 Å². The van der Waals surface area contributed by atoms with Crippen LogP contribution in [0.2, 0.25) is 0 Å². The molecule has 2 atom stereocenters. The molecule has 2 unspecified atom stereocenters. The van der Waals surface area contributed by atoms with Crippen LogP contribution in [0.5, 0.6) is 0 Å². The fraction of sp³-hybridized carbons (Fsp3) is 0.556. The lowest BCUT2D eigenvalue weighted by atomic mass is 10.1. The number of hydrogen-bond donors (Lipinski definition) is 1. The largest absolute Gasteiger partial charge is 0.371 e. The highest BCUT2D eigenvalue weighted by Gasteiger charge is 2.40. The molecule has 126 valence electrons. The smallest absolute Gasteiger partial charge is 0.240 e. The second kappa shape index (κ2) is 6.71. The van der Waals surface area contributed by atoms with Crippen molar-refractivity contribution in [1.82, 2.24) is 4.90 Å². The van der Waals surface area contributed by atoms with Crippen LogP contribution in [0.4, 0.5) is 0 Å². The van der Waals surface area contributed by atoms with E-state index in [0.29, 0.717) is 13.0 Å². The Labute approximate surface area is 137 Å². The van der Waals surface area contributed by atoms with Gasteiger partial charge in [-0.25, -0.2) is 0 Å². The predicted octanol–water partition coefficient (Wildman–Crippen LogP) is 1.81. The Morgan fingerprint density at radius 3 is 2.61 bits per heavy atom. The van der Waals surface area contributed by atoms with Gasteiger partial charge in [0.1, 0.15) is 6.04 Å². The normalized spacial score (nSPS) is 21.5. The van der Waals surface area contributed by atoms with Crippen molar-refractivity contribution in [2.45, 2.75) is 58.3 Å². The lowest BCUT2D eigenvalue weighted by Crippen LogP contribution is -2.44. The van der Waals surface area contributed by atoms with Gasteiger partial charge in [0.2, 0.25) is 11.8 Å². The molecule has 1 heterocycles. The van der Waals surface area contributed by atoms with E-state index in [1.165, 1.54) is 0 Å². The van der Waals surface area contributed by atoms with E-state index < -0.39 is 11.9 Å². The number of nitrogens with zero attached hydrogens (tertiary/aromatic N) is 1. The SMILES string of the molecule is Cc1cccc(CC(=O)N2CC(OC(C)(C)C)CC2C(N)=O)c1. The number of benzene rings is 1. The molecule has 2 rings (SSSR count). The summed E-state index contributed by atoms with van der Waals surface area (Å²) < 4.78 is 5.93. The van der Waals surface area contributed by atoms with E-state index in [9.17, 15) is 9.59 Å². The Morgan fingerprint density at radius 1 is 1.35 bits per heavy atom. The second-order valence-electron chi connectivity index (χ2n) is 7.22. The van der Waals surface area contributed by atoms with E-state index in [4.69, 9.17) is 10.5 Å². The summed E-state index contributed by atoms with van der Waals surface area (Å²) in [4.78, 5) is 25.9. The first-order valence-corrected chi connectivity index (χ1v) is 7.98. The molecule has 0 saturated carbocycles. The molecular formula is C18H26N2O3. The second-order valence-corrected chi connectivity index (χ2v) is 7.22. The van der Waals surface area contributed by atoms with E-state index in [1.54, 1.807) is 4.90 Å². The Morgan fingerprint density at radius 2 is 2.04 bits per heavy atom. The first-order chi connectivity index (χ1) is 10.7. The summed E-state index contributed by atoms with van der Waals surface area (Å²) in [5.74, 6) is -0.554. The molecule has 1 aromatic rings. The molecule has 2 N–H and O–H groups in total. The average Bonchev–Trinajstić information content (AvgIpc) is 2.80. The molecule has 0 radical (unpaired) electrons. The zero-order valence-electron chi connectivity index (χ0n) is 14.3. The Kier molecular flexibility index (Phi) is 5.09. The summed E-state index contributed by atoms with van der Waals surface area (Å²) >= 11 is 0. The molecular weight excluding hydrogens is 292 g/mol. The van der Waals surface area contributed by atoms with E-state index in [2.05, 4.69) is 0 Å². The third-order valence-electron chi connectivity index (χ3n) is 3.87. The van der Waals surface area contributed by atoms with Crippen LogP contribution in [-0.2, 0) is 20.7 Å². The maximum atomic E-state index is 12.6. The van der Waals surface area contributed by atoms with Crippen LogP contribution in [0.15, 0.2) is 24.3 Å². The van der Waals surface area contributed by atoms with Crippen LogP contribution >= 0.6 is 0 Å². The molecule has 0 spiro atoms. The van der Waals surface area contributed by atoms with Crippen molar-refractivity contribution in [3.05, 3.63) is 35.4 Å². The quantitative estimate of drug-likeness (QED) is 0.920. The number of carbonyl (C=O) groups is 2. The molecule has 1 aromatic carbocycles. The van der Waals surface area contributed by atoms with E-state index in [1.807, 2.05) is 52.0 Å². The van der Waals surface area contributed by atoms with Gasteiger partial charge in [0.15, 0.2) is 0 Å². The zero-order valence-corrected chi connectivity index (χ0v) is 14.3. The van der Waals surface area contributed by atoms with E-state index in [0.717, 1.165) is 11.1 Å². The maximum Gasteiger partial charge on any atom is 0.240 e. The van der Waals surface area contributed by atoms with Crippen LogP contribution in [-0.4, -0.2) is 41.0 Å². The van der Waals surface area contributed by atoms with Crippen molar-refractivity contribution in [3.63, 3.8) is 0 Å². The highest BCUT2D eigenvalue weighted by atomic mass is 16.5. The fourth-order valence-corrected chi connectivity index (χ4v) is 3.03. The average molecular weight is 318 g/mol. The number of hydrogen-bond acceptors (Lipinski definition) is 3. The predicted molar refractivity (Wildman–Crippen MR) is 88.8 cm³/mol. The number of ether oxygens (including phenoxy) is 1. The number of carbonyl (C=O) groups excluding carboxylic acids is 2. The Bertz CT molecular complexity index is 592. The van der Waals surface area contributed by atoms with Crippen LogP contribution in [0.3, 0.4) is 0 Å². The summed E-state index contributed by atoms with van der Waals surface area (Å²) in [5.41, 5.74) is 7.22. The summed E-state index contributed by atoms with van der Waals surface area (Å²) in [6.07, 6.45) is 0.578. The van der Waals surface area contributed by atoms with Gasteiger partial charge in [-0.2, -0.15) is 0 Å². The maximum absolute atomic E-state index is 12.6. The van der Waals surface area contributed by atoms with Crippen molar-refractivity contribution < 1.29 is 14.3 Å². The minimum Gasteiger partial charge on any atom is -0.371 e. The molecule has 23 heavy (non-hydrogen) atoms. The Hall–Kier alpha value is -1.88. The molecule has 0 bridgehead atoms. The molecule has 1 aliphatic rings. The highest BCUT2D eigenvalue weighted by Crippen LogP contribution is 2.25. The molecule has 1 saturated heterocycles. The van der Waals surface area contributed by atoms with Crippen molar-refractivity contribution >= 4 is 11.8 Å². The molecule has 0 aromatic heterocycles. The lowest BCUT2D eigenvalue weighted by Gasteiger charge is -2.25. The number of rotatable bonds is 4. The summed E-state index contributed by atoms with van der Waals surface area (Å²) in [7, 11) is 0. The van der Waals surface area contributed by atoms with Gasteiger partial charge < -0.3 is 15.4 Å².